The molecule has 3 rings (SSSR count). The van der Waals surface area contributed by atoms with Crippen LogP contribution in [0.15, 0.2) is 18.5 Å². The Kier molecular flexibility index (Phi) is 4.00. The second-order valence-corrected chi connectivity index (χ2v) is 7.19. The molecule has 0 aromatic carbocycles. The summed E-state index contributed by atoms with van der Waals surface area (Å²) in [5.41, 5.74) is 1.47. The average Bonchev–Trinajstić information content (AvgIpc) is 2.88. The van der Waals surface area contributed by atoms with Crippen molar-refractivity contribution < 1.29 is 9.53 Å². The second-order valence-electron chi connectivity index (χ2n) is 7.19. The summed E-state index contributed by atoms with van der Waals surface area (Å²) in [6.45, 7) is 9.06. The molecule has 6 heteroatoms. The molecule has 3 heterocycles. The maximum atomic E-state index is 12.1. The molecule has 2 aromatic heterocycles. The summed E-state index contributed by atoms with van der Waals surface area (Å²) in [5.74, 6) is 0. The van der Waals surface area contributed by atoms with Gasteiger partial charge in [-0.05, 0) is 46.6 Å². The smallest absolute Gasteiger partial charge is 0.410 e. The molecule has 0 saturated carbocycles. The maximum absolute atomic E-state index is 12.1. The van der Waals surface area contributed by atoms with Crippen molar-refractivity contribution in [2.45, 2.75) is 52.2 Å². The van der Waals surface area contributed by atoms with E-state index < -0.39 is 5.60 Å². The van der Waals surface area contributed by atoms with E-state index in [-0.39, 0.29) is 6.09 Å². The molecule has 0 radical (unpaired) electrons. The van der Waals surface area contributed by atoms with Crippen molar-refractivity contribution >= 4 is 17.0 Å². The topological polar surface area (TPSA) is 60.2 Å². The fourth-order valence-electron chi connectivity index (χ4n) is 2.88. The van der Waals surface area contributed by atoms with Crippen LogP contribution in [0.2, 0.25) is 0 Å². The first-order valence-corrected chi connectivity index (χ1v) is 8.11. The highest BCUT2D eigenvalue weighted by atomic mass is 16.6. The molecule has 0 unspecified atom stereocenters. The van der Waals surface area contributed by atoms with E-state index in [1.807, 2.05) is 38.6 Å². The Balaban J connectivity index is 1.65. The molecule has 124 valence electrons. The third-order valence-electron chi connectivity index (χ3n) is 4.04. The zero-order valence-electron chi connectivity index (χ0n) is 14.2. The monoisotopic (exact) mass is 316 g/mol. The quantitative estimate of drug-likeness (QED) is 0.810. The van der Waals surface area contributed by atoms with Gasteiger partial charge in [-0.3, -0.25) is 9.67 Å². The van der Waals surface area contributed by atoms with E-state index in [1.54, 1.807) is 4.90 Å². The minimum atomic E-state index is -0.446. The van der Waals surface area contributed by atoms with Gasteiger partial charge in [0.1, 0.15) is 11.1 Å². The van der Waals surface area contributed by atoms with Crippen molar-refractivity contribution in [3.63, 3.8) is 0 Å². The van der Waals surface area contributed by atoms with Crippen LogP contribution in [0.5, 0.6) is 0 Å². The average molecular weight is 316 g/mol. The summed E-state index contributed by atoms with van der Waals surface area (Å²) in [5, 5.41) is 5.74. The first-order valence-electron chi connectivity index (χ1n) is 8.11. The molecule has 23 heavy (non-hydrogen) atoms. The summed E-state index contributed by atoms with van der Waals surface area (Å²) in [7, 11) is 0. The molecule has 0 spiro atoms. The van der Waals surface area contributed by atoms with E-state index in [4.69, 9.17) is 4.74 Å². The van der Waals surface area contributed by atoms with Crippen LogP contribution in [-0.4, -0.2) is 44.4 Å². The van der Waals surface area contributed by atoms with Gasteiger partial charge in [0, 0.05) is 30.4 Å². The molecular weight excluding hydrogens is 292 g/mol. The predicted octanol–water partition coefficient (Wildman–Crippen LogP) is 3.31. The van der Waals surface area contributed by atoms with Gasteiger partial charge in [-0.15, -0.1) is 0 Å². The van der Waals surface area contributed by atoms with Gasteiger partial charge in [-0.25, -0.2) is 4.79 Å². The third kappa shape index (κ3) is 3.63. The third-order valence-corrected chi connectivity index (χ3v) is 4.04. The van der Waals surface area contributed by atoms with Gasteiger partial charge in [0.15, 0.2) is 0 Å². The standard InChI is InChI=1S/C17H24N4O2/c1-12-9-13-11-21(19-15(13)10-18-12)14-5-7-20(8-6-14)16(22)23-17(2,3)4/h9-11,14H,5-8H2,1-4H3. The minimum Gasteiger partial charge on any atom is -0.444 e. The first-order chi connectivity index (χ1) is 10.8. The number of hydrogen-bond donors (Lipinski definition) is 0. The number of carbonyl (C=O) groups is 1. The van der Waals surface area contributed by atoms with E-state index in [9.17, 15) is 4.79 Å². The fourth-order valence-corrected chi connectivity index (χ4v) is 2.88. The Labute approximate surface area is 136 Å². The maximum Gasteiger partial charge on any atom is 0.410 e. The molecule has 1 fully saturated rings. The number of piperidine rings is 1. The van der Waals surface area contributed by atoms with Gasteiger partial charge in [0.25, 0.3) is 0 Å². The minimum absolute atomic E-state index is 0.221. The van der Waals surface area contributed by atoms with Crippen molar-refractivity contribution in [2.75, 3.05) is 13.1 Å². The van der Waals surface area contributed by atoms with Crippen molar-refractivity contribution in [2.24, 2.45) is 0 Å². The highest BCUT2D eigenvalue weighted by Crippen LogP contribution is 2.25. The number of fused-ring (bicyclic) bond motifs is 1. The van der Waals surface area contributed by atoms with E-state index in [1.165, 1.54) is 0 Å². The van der Waals surface area contributed by atoms with Gasteiger partial charge < -0.3 is 9.64 Å². The van der Waals surface area contributed by atoms with Gasteiger partial charge in [0.05, 0.1) is 12.2 Å². The molecule has 1 aliphatic rings. The van der Waals surface area contributed by atoms with Gasteiger partial charge >= 0.3 is 6.09 Å². The Hall–Kier alpha value is -2.11. The molecule has 1 amide bonds. The lowest BCUT2D eigenvalue weighted by Gasteiger charge is -2.33. The SMILES string of the molecule is Cc1cc2cn(C3CCN(C(=O)OC(C)(C)C)CC3)nc2cn1. The largest absolute Gasteiger partial charge is 0.444 e. The summed E-state index contributed by atoms with van der Waals surface area (Å²) in [6, 6.07) is 2.37. The number of nitrogens with zero attached hydrogens (tertiary/aromatic N) is 4. The first kappa shape index (κ1) is 15.8. The number of carbonyl (C=O) groups excluding carboxylic acids is 1. The van der Waals surface area contributed by atoms with Crippen LogP contribution in [0.3, 0.4) is 0 Å². The van der Waals surface area contributed by atoms with Crippen LogP contribution < -0.4 is 0 Å². The lowest BCUT2D eigenvalue weighted by Crippen LogP contribution is -2.42. The number of aromatic nitrogens is 3. The van der Waals surface area contributed by atoms with E-state index in [0.29, 0.717) is 19.1 Å². The van der Waals surface area contributed by atoms with E-state index in [0.717, 1.165) is 29.4 Å². The molecule has 1 aliphatic heterocycles. The highest BCUT2D eigenvalue weighted by molar-refractivity contribution is 5.77. The Morgan fingerprint density at radius 1 is 1.30 bits per heavy atom. The number of ether oxygens (including phenoxy) is 1. The zero-order chi connectivity index (χ0) is 16.6. The predicted molar refractivity (Wildman–Crippen MR) is 88.3 cm³/mol. The van der Waals surface area contributed by atoms with E-state index >= 15 is 0 Å². The normalized spacial score (nSPS) is 16.8. The number of hydrogen-bond acceptors (Lipinski definition) is 4. The number of likely N-dealkylation sites (tertiary alicyclic amines) is 1. The molecular formula is C17H24N4O2. The highest BCUT2D eigenvalue weighted by Gasteiger charge is 2.27. The van der Waals surface area contributed by atoms with Gasteiger partial charge in [0.2, 0.25) is 0 Å². The van der Waals surface area contributed by atoms with Crippen LogP contribution in [0.4, 0.5) is 4.79 Å². The van der Waals surface area contributed by atoms with Crippen LogP contribution in [0.1, 0.15) is 45.3 Å². The fraction of sp³-hybridized carbons (Fsp3) is 0.588. The van der Waals surface area contributed by atoms with Crippen LogP contribution >= 0.6 is 0 Å². The molecule has 6 nitrogen and oxygen atoms in total. The van der Waals surface area contributed by atoms with E-state index in [2.05, 4.69) is 22.3 Å². The van der Waals surface area contributed by atoms with Gasteiger partial charge in [-0.2, -0.15) is 5.10 Å². The lowest BCUT2D eigenvalue weighted by atomic mass is 10.1. The Morgan fingerprint density at radius 3 is 2.65 bits per heavy atom. The van der Waals surface area contributed by atoms with Crippen LogP contribution in [-0.2, 0) is 4.74 Å². The van der Waals surface area contributed by atoms with Crippen molar-refractivity contribution in [3.05, 3.63) is 24.2 Å². The summed E-state index contributed by atoms with van der Waals surface area (Å²) in [4.78, 5) is 18.2. The Morgan fingerprint density at radius 2 is 2.00 bits per heavy atom. The molecule has 0 N–H and O–H groups in total. The molecule has 0 aliphatic carbocycles. The Bertz CT molecular complexity index is 709. The van der Waals surface area contributed by atoms with Crippen LogP contribution in [0, 0.1) is 6.92 Å². The van der Waals surface area contributed by atoms with Crippen molar-refractivity contribution in [3.8, 4) is 0 Å². The number of pyridine rings is 1. The molecule has 2 aromatic rings. The molecule has 1 saturated heterocycles. The lowest BCUT2D eigenvalue weighted by molar-refractivity contribution is 0.0185. The molecule has 0 atom stereocenters. The summed E-state index contributed by atoms with van der Waals surface area (Å²) >= 11 is 0. The molecule has 0 bridgehead atoms. The van der Waals surface area contributed by atoms with Crippen LogP contribution in [0.25, 0.3) is 10.9 Å². The van der Waals surface area contributed by atoms with Gasteiger partial charge in [-0.1, -0.05) is 0 Å². The van der Waals surface area contributed by atoms with Crippen molar-refractivity contribution in [1.29, 1.82) is 0 Å². The number of amides is 1. The zero-order valence-corrected chi connectivity index (χ0v) is 14.2. The number of rotatable bonds is 1. The summed E-state index contributed by atoms with van der Waals surface area (Å²) in [6.07, 6.45) is 5.45. The number of aryl methyl sites for hydroxylation is 1. The van der Waals surface area contributed by atoms with Crippen molar-refractivity contribution in [1.82, 2.24) is 19.7 Å². The summed E-state index contributed by atoms with van der Waals surface area (Å²) < 4.78 is 7.46. The second kappa shape index (κ2) is 5.83.